The molecule has 1 aromatic rings. The maximum atomic E-state index is 10.4. The van der Waals surface area contributed by atoms with Crippen molar-refractivity contribution in [2.45, 2.75) is 6.54 Å². The van der Waals surface area contributed by atoms with E-state index >= 15 is 0 Å². The predicted molar refractivity (Wildman–Crippen MR) is 47.6 cm³/mol. The number of nitrogens with zero attached hydrogens (tertiary/aromatic N) is 2. The monoisotopic (exact) mass is 186 g/mol. The van der Waals surface area contributed by atoms with Crippen LogP contribution in [0, 0.1) is 0 Å². The van der Waals surface area contributed by atoms with Gasteiger partial charge in [0.15, 0.2) is 0 Å². The molecule has 5 heteroatoms. The van der Waals surface area contributed by atoms with Crippen LogP contribution in [0.3, 0.4) is 0 Å². The molecule has 0 aliphatic carbocycles. The minimum absolute atomic E-state index is 0.246. The van der Waals surface area contributed by atoms with E-state index in [1.807, 2.05) is 6.26 Å². The zero-order valence-electron chi connectivity index (χ0n) is 6.73. The van der Waals surface area contributed by atoms with Gasteiger partial charge in [-0.05, 0) is 6.26 Å². The zero-order chi connectivity index (χ0) is 8.97. The summed E-state index contributed by atoms with van der Waals surface area (Å²) in [5.41, 5.74) is 0.246. The summed E-state index contributed by atoms with van der Waals surface area (Å²) >= 11 is 1.71. The highest BCUT2D eigenvalue weighted by Crippen LogP contribution is 1.99. The Morgan fingerprint density at radius 1 is 1.83 bits per heavy atom. The van der Waals surface area contributed by atoms with Crippen LogP contribution in [0.4, 0.5) is 0 Å². The van der Waals surface area contributed by atoms with Crippen molar-refractivity contribution in [3.05, 3.63) is 18.0 Å². The fraction of sp³-hybridized carbons (Fsp3) is 0.429. The van der Waals surface area contributed by atoms with E-state index in [2.05, 4.69) is 5.10 Å². The molecule has 0 bridgehead atoms. The highest BCUT2D eigenvalue weighted by Gasteiger charge is 2.04. The minimum atomic E-state index is -0.926. The molecule has 0 radical (unpaired) electrons. The summed E-state index contributed by atoms with van der Waals surface area (Å²) in [6, 6.07) is 0. The third kappa shape index (κ3) is 2.27. The normalized spacial score (nSPS) is 10.1. The second-order valence-corrected chi connectivity index (χ2v) is 3.28. The van der Waals surface area contributed by atoms with Crippen LogP contribution in [-0.2, 0) is 6.54 Å². The van der Waals surface area contributed by atoms with Crippen LogP contribution < -0.4 is 0 Å². The number of carboxylic acids is 1. The standard InChI is InChI=1S/C7H10N2O2S/c1-12-3-2-9-5-6(4-8-9)7(10)11/h4-5H,2-3H2,1H3,(H,10,11). The van der Waals surface area contributed by atoms with Gasteiger partial charge >= 0.3 is 5.97 Å². The number of aromatic nitrogens is 2. The van der Waals surface area contributed by atoms with E-state index in [0.29, 0.717) is 0 Å². The Bertz CT molecular complexity index is 272. The fourth-order valence-corrected chi connectivity index (χ4v) is 1.15. The number of thioether (sulfide) groups is 1. The van der Waals surface area contributed by atoms with Crippen molar-refractivity contribution in [3.63, 3.8) is 0 Å². The van der Waals surface area contributed by atoms with Crippen molar-refractivity contribution in [1.82, 2.24) is 9.78 Å². The summed E-state index contributed by atoms with van der Waals surface area (Å²) < 4.78 is 1.64. The summed E-state index contributed by atoms with van der Waals surface area (Å²) in [6.45, 7) is 0.758. The van der Waals surface area contributed by atoms with Gasteiger partial charge in [-0.15, -0.1) is 0 Å². The maximum absolute atomic E-state index is 10.4. The molecule has 0 aliphatic rings. The Hall–Kier alpha value is -0.970. The van der Waals surface area contributed by atoms with Crippen LogP contribution in [0.1, 0.15) is 10.4 Å². The van der Waals surface area contributed by atoms with Gasteiger partial charge in [-0.25, -0.2) is 4.79 Å². The van der Waals surface area contributed by atoms with Crippen LogP contribution in [0.2, 0.25) is 0 Å². The molecule has 0 aliphatic heterocycles. The van der Waals surface area contributed by atoms with E-state index in [1.165, 1.54) is 6.20 Å². The highest BCUT2D eigenvalue weighted by molar-refractivity contribution is 7.98. The van der Waals surface area contributed by atoms with Crippen molar-refractivity contribution in [3.8, 4) is 0 Å². The molecule has 66 valence electrons. The first-order valence-electron chi connectivity index (χ1n) is 3.48. The van der Waals surface area contributed by atoms with Crippen molar-refractivity contribution in [2.24, 2.45) is 0 Å². The van der Waals surface area contributed by atoms with E-state index in [1.54, 1.807) is 22.6 Å². The quantitative estimate of drug-likeness (QED) is 0.760. The van der Waals surface area contributed by atoms with Gasteiger partial charge in [0.25, 0.3) is 0 Å². The smallest absolute Gasteiger partial charge is 0.338 e. The summed E-state index contributed by atoms with van der Waals surface area (Å²) in [4.78, 5) is 10.4. The largest absolute Gasteiger partial charge is 0.478 e. The summed E-state index contributed by atoms with van der Waals surface area (Å²) in [5, 5.41) is 12.5. The van der Waals surface area contributed by atoms with Crippen LogP contribution in [0.25, 0.3) is 0 Å². The lowest BCUT2D eigenvalue weighted by atomic mass is 10.4. The third-order valence-corrected chi connectivity index (χ3v) is 2.00. The SMILES string of the molecule is CSCCn1cc(C(=O)O)cn1. The number of hydrogen-bond donors (Lipinski definition) is 1. The Balaban J connectivity index is 2.58. The molecule has 1 aromatic heterocycles. The van der Waals surface area contributed by atoms with Crippen molar-refractivity contribution in [2.75, 3.05) is 12.0 Å². The number of aromatic carboxylic acids is 1. The predicted octanol–water partition coefficient (Wildman–Crippen LogP) is 0.944. The van der Waals surface area contributed by atoms with Crippen LogP contribution >= 0.6 is 11.8 Å². The molecule has 0 fully saturated rings. The molecule has 0 atom stereocenters. The molecule has 1 heterocycles. The molecule has 0 unspecified atom stereocenters. The lowest BCUT2D eigenvalue weighted by molar-refractivity contribution is 0.0697. The maximum Gasteiger partial charge on any atom is 0.338 e. The first kappa shape index (κ1) is 9.12. The molecule has 0 amide bonds. The number of carboxylic acid groups (broad SMARTS) is 1. The lowest BCUT2D eigenvalue weighted by Crippen LogP contribution is -2.00. The molecule has 1 N–H and O–H groups in total. The van der Waals surface area contributed by atoms with E-state index < -0.39 is 5.97 Å². The van der Waals surface area contributed by atoms with Crippen LogP contribution in [0.15, 0.2) is 12.4 Å². The van der Waals surface area contributed by atoms with Crippen molar-refractivity contribution < 1.29 is 9.90 Å². The minimum Gasteiger partial charge on any atom is -0.478 e. The number of rotatable bonds is 4. The lowest BCUT2D eigenvalue weighted by Gasteiger charge is -1.96. The number of carbonyl (C=O) groups is 1. The van der Waals surface area contributed by atoms with Crippen molar-refractivity contribution >= 4 is 17.7 Å². The fourth-order valence-electron chi connectivity index (χ4n) is 0.781. The van der Waals surface area contributed by atoms with Gasteiger partial charge in [-0.1, -0.05) is 0 Å². The third-order valence-electron chi connectivity index (χ3n) is 1.40. The van der Waals surface area contributed by atoms with E-state index in [-0.39, 0.29) is 5.56 Å². The number of aryl methyl sites for hydroxylation is 1. The molecule has 0 saturated heterocycles. The Morgan fingerprint density at radius 2 is 2.58 bits per heavy atom. The zero-order valence-corrected chi connectivity index (χ0v) is 7.54. The Labute approximate surface area is 74.6 Å². The van der Waals surface area contributed by atoms with Crippen LogP contribution in [0.5, 0.6) is 0 Å². The van der Waals surface area contributed by atoms with Gasteiger partial charge in [0.1, 0.15) is 0 Å². The molecule has 4 nitrogen and oxygen atoms in total. The molecule has 0 saturated carbocycles. The van der Waals surface area contributed by atoms with Gasteiger partial charge in [0, 0.05) is 18.5 Å². The summed E-state index contributed by atoms with van der Waals surface area (Å²) in [6.07, 6.45) is 4.91. The molecule has 12 heavy (non-hydrogen) atoms. The summed E-state index contributed by atoms with van der Waals surface area (Å²) in [5.74, 6) is 0.0196. The Morgan fingerprint density at radius 3 is 3.08 bits per heavy atom. The first-order valence-corrected chi connectivity index (χ1v) is 4.88. The van der Waals surface area contributed by atoms with Crippen LogP contribution in [-0.4, -0.2) is 32.9 Å². The van der Waals surface area contributed by atoms with Gasteiger partial charge < -0.3 is 5.11 Å². The van der Waals surface area contributed by atoms with E-state index in [0.717, 1.165) is 12.3 Å². The molecule has 0 aromatic carbocycles. The van der Waals surface area contributed by atoms with Gasteiger partial charge in [0.2, 0.25) is 0 Å². The van der Waals surface area contributed by atoms with Gasteiger partial charge in [-0.3, -0.25) is 4.68 Å². The highest BCUT2D eigenvalue weighted by atomic mass is 32.2. The molecule has 0 spiro atoms. The summed E-state index contributed by atoms with van der Waals surface area (Å²) in [7, 11) is 0. The molecular weight excluding hydrogens is 176 g/mol. The molecular formula is C7H10N2O2S. The van der Waals surface area contributed by atoms with E-state index in [4.69, 9.17) is 5.11 Å². The Kier molecular flexibility index (Phi) is 3.16. The van der Waals surface area contributed by atoms with Crippen molar-refractivity contribution in [1.29, 1.82) is 0 Å². The second kappa shape index (κ2) is 4.15. The van der Waals surface area contributed by atoms with Gasteiger partial charge in [-0.2, -0.15) is 16.9 Å². The second-order valence-electron chi connectivity index (χ2n) is 2.29. The average Bonchev–Trinajstić information content (AvgIpc) is 2.48. The molecule has 1 rings (SSSR count). The topological polar surface area (TPSA) is 55.1 Å². The van der Waals surface area contributed by atoms with Gasteiger partial charge in [0.05, 0.1) is 11.8 Å². The van der Waals surface area contributed by atoms with E-state index in [9.17, 15) is 4.79 Å². The first-order chi connectivity index (χ1) is 5.74. The number of hydrogen-bond acceptors (Lipinski definition) is 3. The average molecular weight is 186 g/mol.